The number of nitrogens with zero attached hydrogens (tertiary/aromatic N) is 6. The molecule has 3 aromatic heterocycles. The number of fused-ring (bicyclic) bond motifs is 3. The van der Waals surface area contributed by atoms with E-state index in [-0.39, 0.29) is 31.0 Å². The number of rotatable bonds is 8. The molecule has 0 amide bonds. The van der Waals surface area contributed by atoms with Gasteiger partial charge in [-0.15, -0.1) is 10.2 Å². The van der Waals surface area contributed by atoms with Crippen LogP contribution in [0.25, 0.3) is 11.4 Å². The van der Waals surface area contributed by atoms with Crippen LogP contribution in [-0.4, -0.2) is 69.8 Å². The molecule has 188 valence electrons. The zero-order valence-electron chi connectivity index (χ0n) is 20.2. The highest BCUT2D eigenvalue weighted by Crippen LogP contribution is 2.41. The molecular formula is C22H29N7O5S. The molecule has 0 radical (unpaired) electrons. The Hall–Kier alpha value is -3.00. The van der Waals surface area contributed by atoms with Crippen molar-refractivity contribution < 1.29 is 22.6 Å². The summed E-state index contributed by atoms with van der Waals surface area (Å²) in [4.78, 5) is 13.2. The molecule has 3 atom stereocenters. The summed E-state index contributed by atoms with van der Waals surface area (Å²) in [7, 11) is -2.79. The van der Waals surface area contributed by atoms with Crippen LogP contribution in [0.4, 0.5) is 0 Å². The predicted molar refractivity (Wildman–Crippen MR) is 126 cm³/mol. The van der Waals surface area contributed by atoms with Crippen molar-refractivity contribution >= 4 is 10.0 Å². The summed E-state index contributed by atoms with van der Waals surface area (Å²) in [6.07, 6.45) is 4.72. The van der Waals surface area contributed by atoms with E-state index < -0.39 is 26.9 Å². The smallest absolute Gasteiger partial charge is 0.224 e. The third-order valence-electron chi connectivity index (χ3n) is 5.94. The van der Waals surface area contributed by atoms with Crippen molar-refractivity contribution in [2.24, 2.45) is 5.14 Å². The SMILES string of the molecule is COC(c1ncc(C)cn1)(c1nnc2n1[C@H](COC(C)C)COc1ncccc1-2)C(C)S(N)(=O)=O. The highest BCUT2D eigenvalue weighted by molar-refractivity contribution is 7.89. The molecule has 3 aromatic rings. The number of methoxy groups -OCH3 is 1. The lowest BCUT2D eigenvalue weighted by molar-refractivity contribution is -0.00406. The Morgan fingerprint density at radius 1 is 1.23 bits per heavy atom. The number of hydrogen-bond donors (Lipinski definition) is 1. The number of aromatic nitrogens is 6. The van der Waals surface area contributed by atoms with Gasteiger partial charge in [-0.2, -0.15) is 0 Å². The van der Waals surface area contributed by atoms with E-state index in [0.29, 0.717) is 17.3 Å². The standard InChI is InChI=1S/C22H29N7O5S/c1-13(2)33-11-16-12-34-19-17(7-6-8-24-19)18-27-28-21(29(16)18)22(32-5,15(4)35(23,30)31)20-25-9-14(3)10-26-20/h6-10,13,15-16H,11-12H2,1-5H3,(H2,23,30,31)/t15?,16-,22?/m1/s1. The molecular weight excluding hydrogens is 474 g/mol. The zero-order valence-corrected chi connectivity index (χ0v) is 21.1. The quantitative estimate of drug-likeness (QED) is 0.476. The van der Waals surface area contributed by atoms with Gasteiger partial charge in [-0.1, -0.05) is 0 Å². The van der Waals surface area contributed by atoms with Gasteiger partial charge >= 0.3 is 0 Å². The molecule has 0 bridgehead atoms. The minimum Gasteiger partial charge on any atom is -0.475 e. The Labute approximate surface area is 203 Å². The number of ether oxygens (including phenoxy) is 3. The summed E-state index contributed by atoms with van der Waals surface area (Å²) >= 11 is 0. The lowest BCUT2D eigenvalue weighted by Crippen LogP contribution is -2.51. The van der Waals surface area contributed by atoms with Gasteiger partial charge in [0.25, 0.3) is 0 Å². The molecule has 0 saturated carbocycles. The first-order chi connectivity index (χ1) is 16.6. The molecule has 0 saturated heterocycles. The van der Waals surface area contributed by atoms with Crippen LogP contribution < -0.4 is 9.88 Å². The molecule has 35 heavy (non-hydrogen) atoms. The fourth-order valence-corrected chi connectivity index (χ4v) is 4.82. The zero-order chi connectivity index (χ0) is 25.4. The molecule has 0 spiro atoms. The van der Waals surface area contributed by atoms with E-state index in [4.69, 9.17) is 19.3 Å². The van der Waals surface area contributed by atoms with E-state index >= 15 is 0 Å². The van der Waals surface area contributed by atoms with Crippen LogP contribution in [0.3, 0.4) is 0 Å². The molecule has 0 fully saturated rings. The van der Waals surface area contributed by atoms with Crippen LogP contribution in [0.5, 0.6) is 5.88 Å². The van der Waals surface area contributed by atoms with Crippen molar-refractivity contribution in [3.63, 3.8) is 0 Å². The van der Waals surface area contributed by atoms with Gasteiger partial charge in [-0.25, -0.2) is 28.5 Å². The van der Waals surface area contributed by atoms with E-state index in [0.717, 1.165) is 5.56 Å². The minimum absolute atomic E-state index is 0.0573. The van der Waals surface area contributed by atoms with Gasteiger partial charge in [-0.05, 0) is 45.4 Å². The first-order valence-corrected chi connectivity index (χ1v) is 12.7. The van der Waals surface area contributed by atoms with Gasteiger partial charge in [0.05, 0.1) is 24.3 Å². The first-order valence-electron chi connectivity index (χ1n) is 11.1. The number of hydrogen-bond acceptors (Lipinski definition) is 10. The third-order valence-corrected chi connectivity index (χ3v) is 7.26. The minimum atomic E-state index is -4.16. The largest absolute Gasteiger partial charge is 0.475 e. The van der Waals surface area contributed by atoms with Crippen LogP contribution in [-0.2, 0) is 25.1 Å². The molecule has 13 heteroatoms. The lowest BCUT2D eigenvalue weighted by Gasteiger charge is -2.35. The van der Waals surface area contributed by atoms with Gasteiger partial charge in [0.2, 0.25) is 21.5 Å². The number of primary sulfonamides is 1. The van der Waals surface area contributed by atoms with Crippen LogP contribution in [0, 0.1) is 6.92 Å². The van der Waals surface area contributed by atoms with Crippen molar-refractivity contribution in [2.45, 2.75) is 50.7 Å². The van der Waals surface area contributed by atoms with E-state index in [9.17, 15) is 8.42 Å². The maximum atomic E-state index is 12.7. The third kappa shape index (κ3) is 4.51. The van der Waals surface area contributed by atoms with E-state index in [1.807, 2.05) is 20.8 Å². The van der Waals surface area contributed by atoms with Crippen LogP contribution in [0.1, 0.15) is 44.0 Å². The Morgan fingerprint density at radius 3 is 2.57 bits per heavy atom. The average Bonchev–Trinajstić information content (AvgIpc) is 3.19. The van der Waals surface area contributed by atoms with Gasteiger partial charge in [0, 0.05) is 25.7 Å². The molecule has 2 N–H and O–H groups in total. The highest BCUT2D eigenvalue weighted by Gasteiger charge is 2.53. The number of pyridine rings is 1. The van der Waals surface area contributed by atoms with Gasteiger partial charge in [-0.3, -0.25) is 4.57 Å². The van der Waals surface area contributed by atoms with Crippen LogP contribution in [0.15, 0.2) is 30.7 Å². The second-order valence-electron chi connectivity index (χ2n) is 8.68. The van der Waals surface area contributed by atoms with E-state index in [1.54, 1.807) is 35.3 Å². The molecule has 0 aliphatic carbocycles. The van der Waals surface area contributed by atoms with Crippen molar-refractivity contribution in [3.05, 3.63) is 47.9 Å². The lowest BCUT2D eigenvalue weighted by atomic mass is 9.96. The van der Waals surface area contributed by atoms with Crippen molar-refractivity contribution in [1.29, 1.82) is 0 Å². The van der Waals surface area contributed by atoms with Crippen molar-refractivity contribution in [2.75, 3.05) is 20.3 Å². The Balaban J connectivity index is 2.03. The molecule has 12 nitrogen and oxygen atoms in total. The predicted octanol–water partition coefficient (Wildman–Crippen LogP) is 1.36. The van der Waals surface area contributed by atoms with Gasteiger partial charge < -0.3 is 14.2 Å². The maximum Gasteiger partial charge on any atom is 0.224 e. The summed E-state index contributed by atoms with van der Waals surface area (Å²) in [5.41, 5.74) is -0.398. The molecule has 4 rings (SSSR count). The van der Waals surface area contributed by atoms with E-state index in [1.165, 1.54) is 14.0 Å². The summed E-state index contributed by atoms with van der Waals surface area (Å²) < 4.78 is 45.1. The molecule has 0 aromatic carbocycles. The van der Waals surface area contributed by atoms with E-state index in [2.05, 4.69) is 25.1 Å². The monoisotopic (exact) mass is 503 g/mol. The summed E-state index contributed by atoms with van der Waals surface area (Å²) in [6, 6.07) is 3.11. The maximum absolute atomic E-state index is 12.7. The van der Waals surface area contributed by atoms with Gasteiger partial charge in [0.1, 0.15) is 11.9 Å². The average molecular weight is 504 g/mol. The Kier molecular flexibility index (Phi) is 6.86. The molecule has 1 aliphatic heterocycles. The highest BCUT2D eigenvalue weighted by atomic mass is 32.2. The molecule has 4 heterocycles. The number of nitrogens with two attached hydrogens (primary N) is 1. The number of aryl methyl sites for hydroxylation is 1. The number of sulfonamides is 1. The fourth-order valence-electron chi connectivity index (χ4n) is 4.05. The Morgan fingerprint density at radius 2 is 1.94 bits per heavy atom. The Bertz CT molecular complexity index is 1300. The van der Waals surface area contributed by atoms with Crippen LogP contribution in [0.2, 0.25) is 0 Å². The normalized spacial score (nSPS) is 18.2. The first kappa shape index (κ1) is 25.1. The van der Waals surface area contributed by atoms with Gasteiger partial charge in [0.15, 0.2) is 17.5 Å². The summed E-state index contributed by atoms with van der Waals surface area (Å²) in [5, 5.41) is 13.2. The second-order valence-corrected chi connectivity index (χ2v) is 10.6. The molecule has 1 aliphatic rings. The van der Waals surface area contributed by atoms with Crippen molar-refractivity contribution in [3.8, 4) is 17.3 Å². The topological polar surface area (TPSA) is 157 Å². The summed E-state index contributed by atoms with van der Waals surface area (Å²) in [5.74, 6) is 1.06. The molecule has 2 unspecified atom stereocenters. The second kappa shape index (κ2) is 9.57. The van der Waals surface area contributed by atoms with Crippen molar-refractivity contribution in [1.82, 2.24) is 29.7 Å². The summed E-state index contributed by atoms with van der Waals surface area (Å²) in [6.45, 7) is 7.52. The fraction of sp³-hybridized carbons (Fsp3) is 0.500. The van der Waals surface area contributed by atoms with Crippen LogP contribution >= 0.6 is 0 Å².